The number of nitrogens with zero attached hydrogens (tertiary/aromatic N) is 2. The highest BCUT2D eigenvalue weighted by atomic mass is 16.1. The zero-order chi connectivity index (χ0) is 13.9. The van der Waals surface area contributed by atoms with E-state index in [1.807, 2.05) is 0 Å². The summed E-state index contributed by atoms with van der Waals surface area (Å²) in [7, 11) is 0. The predicted molar refractivity (Wildman–Crippen MR) is 80.5 cm³/mol. The van der Waals surface area contributed by atoms with Crippen LogP contribution in [0.1, 0.15) is 31.7 Å². The number of piperazine rings is 1. The highest BCUT2D eigenvalue weighted by molar-refractivity contribution is 5.85. The van der Waals surface area contributed by atoms with E-state index in [9.17, 15) is 4.79 Å². The summed E-state index contributed by atoms with van der Waals surface area (Å²) in [6.45, 7) is 6.46. The van der Waals surface area contributed by atoms with Gasteiger partial charge in [-0.25, -0.2) is 0 Å². The van der Waals surface area contributed by atoms with Gasteiger partial charge in [0.1, 0.15) is 5.78 Å². The molecule has 0 N–H and O–H groups in total. The molecule has 1 aromatic rings. The summed E-state index contributed by atoms with van der Waals surface area (Å²) in [5.74, 6) is 0.466. The molecule has 1 saturated carbocycles. The molecule has 1 aliphatic heterocycles. The van der Waals surface area contributed by atoms with Gasteiger partial charge in [0.2, 0.25) is 0 Å². The van der Waals surface area contributed by atoms with Gasteiger partial charge in [-0.05, 0) is 25.3 Å². The molecule has 3 nitrogen and oxygen atoms in total. The first-order chi connectivity index (χ1) is 9.74. The summed E-state index contributed by atoms with van der Waals surface area (Å²) in [6.07, 6.45) is 2.95. The van der Waals surface area contributed by atoms with Crippen LogP contribution in [0.2, 0.25) is 0 Å². The van der Waals surface area contributed by atoms with Gasteiger partial charge in [0, 0.05) is 38.6 Å². The molecule has 20 heavy (non-hydrogen) atoms. The molecule has 0 amide bonds. The zero-order valence-electron chi connectivity index (χ0n) is 12.3. The van der Waals surface area contributed by atoms with Gasteiger partial charge in [0.25, 0.3) is 0 Å². The molecule has 0 spiro atoms. The number of ketones is 1. The van der Waals surface area contributed by atoms with Crippen molar-refractivity contribution in [2.75, 3.05) is 19.6 Å². The number of Topliss-reactive ketones (excluding diaryl/α,β-unsaturated/α-hetero) is 1. The fourth-order valence-electron chi connectivity index (χ4n) is 3.64. The Morgan fingerprint density at radius 2 is 2.00 bits per heavy atom. The van der Waals surface area contributed by atoms with Crippen molar-refractivity contribution in [3.63, 3.8) is 0 Å². The van der Waals surface area contributed by atoms with E-state index in [1.54, 1.807) is 0 Å². The molecule has 2 atom stereocenters. The van der Waals surface area contributed by atoms with Crippen molar-refractivity contribution in [1.29, 1.82) is 0 Å². The van der Waals surface area contributed by atoms with Gasteiger partial charge in [-0.2, -0.15) is 0 Å². The standard InChI is InChI=1S/C17H24N2O/c1-14-12-18(13-15-6-3-2-4-7-15)10-11-19(14)16-8-5-9-17(16)20/h2-4,6-7,14,16H,5,8-13H2,1H3. The highest BCUT2D eigenvalue weighted by Crippen LogP contribution is 2.24. The maximum atomic E-state index is 11.9. The van der Waals surface area contributed by atoms with Crippen LogP contribution < -0.4 is 0 Å². The second kappa shape index (κ2) is 6.06. The Morgan fingerprint density at radius 3 is 2.65 bits per heavy atom. The minimum Gasteiger partial charge on any atom is -0.298 e. The maximum Gasteiger partial charge on any atom is 0.149 e. The third-order valence-corrected chi connectivity index (χ3v) is 4.68. The zero-order valence-corrected chi connectivity index (χ0v) is 12.3. The first-order valence-electron chi connectivity index (χ1n) is 7.79. The molecule has 2 fully saturated rings. The van der Waals surface area contributed by atoms with Crippen LogP contribution in [0.5, 0.6) is 0 Å². The molecule has 1 saturated heterocycles. The van der Waals surface area contributed by atoms with Crippen LogP contribution in [0.4, 0.5) is 0 Å². The molecule has 1 heterocycles. The summed E-state index contributed by atoms with van der Waals surface area (Å²) in [4.78, 5) is 16.9. The monoisotopic (exact) mass is 272 g/mol. The molecule has 3 heteroatoms. The predicted octanol–water partition coefficient (Wildman–Crippen LogP) is 2.31. The van der Waals surface area contributed by atoms with Gasteiger partial charge in [-0.3, -0.25) is 14.6 Å². The molecule has 1 aromatic carbocycles. The topological polar surface area (TPSA) is 23.6 Å². The van der Waals surface area contributed by atoms with E-state index in [1.165, 1.54) is 5.56 Å². The van der Waals surface area contributed by atoms with Crippen molar-refractivity contribution < 1.29 is 4.79 Å². The number of carbonyl (C=O) groups is 1. The molecule has 0 aromatic heterocycles. The Bertz CT molecular complexity index is 459. The van der Waals surface area contributed by atoms with E-state index in [0.717, 1.165) is 45.4 Å². The molecule has 3 rings (SSSR count). The number of hydrogen-bond acceptors (Lipinski definition) is 3. The van der Waals surface area contributed by atoms with Crippen LogP contribution >= 0.6 is 0 Å². The van der Waals surface area contributed by atoms with Crippen LogP contribution in [0, 0.1) is 0 Å². The van der Waals surface area contributed by atoms with Gasteiger partial charge in [-0.1, -0.05) is 30.3 Å². The molecular formula is C17H24N2O. The molecule has 0 bridgehead atoms. The highest BCUT2D eigenvalue weighted by Gasteiger charge is 2.35. The van der Waals surface area contributed by atoms with Crippen LogP contribution in [0.3, 0.4) is 0 Å². The lowest BCUT2D eigenvalue weighted by molar-refractivity contribution is -0.123. The lowest BCUT2D eigenvalue weighted by Crippen LogP contribution is -2.56. The van der Waals surface area contributed by atoms with Crippen LogP contribution in [-0.4, -0.2) is 47.3 Å². The van der Waals surface area contributed by atoms with Gasteiger partial charge >= 0.3 is 0 Å². The summed E-state index contributed by atoms with van der Waals surface area (Å²) in [5.41, 5.74) is 1.38. The number of carbonyl (C=O) groups excluding carboxylic acids is 1. The van der Waals surface area contributed by atoms with Crippen LogP contribution in [0.15, 0.2) is 30.3 Å². The van der Waals surface area contributed by atoms with E-state index >= 15 is 0 Å². The molecule has 1 aliphatic carbocycles. The number of hydrogen-bond donors (Lipinski definition) is 0. The second-order valence-electron chi connectivity index (χ2n) is 6.18. The minimum absolute atomic E-state index is 0.212. The maximum absolute atomic E-state index is 11.9. The average molecular weight is 272 g/mol. The van der Waals surface area contributed by atoms with E-state index in [2.05, 4.69) is 47.1 Å². The van der Waals surface area contributed by atoms with Gasteiger partial charge in [0.15, 0.2) is 0 Å². The fourth-order valence-corrected chi connectivity index (χ4v) is 3.64. The van der Waals surface area contributed by atoms with Crippen molar-refractivity contribution in [2.45, 2.75) is 44.8 Å². The molecule has 2 aliphatic rings. The molecule has 2 unspecified atom stereocenters. The van der Waals surface area contributed by atoms with E-state index in [4.69, 9.17) is 0 Å². The Morgan fingerprint density at radius 1 is 1.20 bits per heavy atom. The summed E-state index contributed by atoms with van der Waals surface area (Å²) < 4.78 is 0. The van der Waals surface area contributed by atoms with Gasteiger partial charge in [-0.15, -0.1) is 0 Å². The van der Waals surface area contributed by atoms with Gasteiger partial charge < -0.3 is 0 Å². The third-order valence-electron chi connectivity index (χ3n) is 4.68. The summed E-state index contributed by atoms with van der Waals surface area (Å²) in [6, 6.07) is 11.4. The molecular weight excluding hydrogens is 248 g/mol. The smallest absolute Gasteiger partial charge is 0.149 e. The Hall–Kier alpha value is -1.19. The SMILES string of the molecule is CC1CN(Cc2ccccc2)CCN1C1CCCC1=O. The van der Waals surface area contributed by atoms with Crippen LogP contribution in [-0.2, 0) is 11.3 Å². The second-order valence-corrected chi connectivity index (χ2v) is 6.18. The lowest BCUT2D eigenvalue weighted by Gasteiger charge is -2.42. The average Bonchev–Trinajstić information content (AvgIpc) is 2.86. The number of rotatable bonds is 3. The van der Waals surface area contributed by atoms with Crippen molar-refractivity contribution in [3.8, 4) is 0 Å². The third kappa shape index (κ3) is 2.94. The fraction of sp³-hybridized carbons (Fsp3) is 0.588. The Balaban J connectivity index is 1.58. The summed E-state index contributed by atoms with van der Waals surface area (Å²) in [5, 5.41) is 0. The Kier molecular flexibility index (Phi) is 4.18. The van der Waals surface area contributed by atoms with Gasteiger partial charge in [0.05, 0.1) is 6.04 Å². The number of benzene rings is 1. The van der Waals surface area contributed by atoms with Crippen LogP contribution in [0.25, 0.3) is 0 Å². The first-order valence-corrected chi connectivity index (χ1v) is 7.79. The Labute approximate surface area is 121 Å². The van der Waals surface area contributed by atoms with Crippen molar-refractivity contribution in [1.82, 2.24) is 9.80 Å². The van der Waals surface area contributed by atoms with Crippen molar-refractivity contribution >= 4 is 5.78 Å². The molecule has 108 valence electrons. The lowest BCUT2D eigenvalue weighted by atomic mass is 10.1. The summed E-state index contributed by atoms with van der Waals surface area (Å²) >= 11 is 0. The van der Waals surface area contributed by atoms with Crippen molar-refractivity contribution in [3.05, 3.63) is 35.9 Å². The van der Waals surface area contributed by atoms with E-state index in [0.29, 0.717) is 11.8 Å². The largest absolute Gasteiger partial charge is 0.298 e. The normalized spacial score (nSPS) is 28.9. The molecule has 0 radical (unpaired) electrons. The quantitative estimate of drug-likeness (QED) is 0.843. The first kappa shape index (κ1) is 13.8. The van der Waals surface area contributed by atoms with Crippen molar-refractivity contribution in [2.24, 2.45) is 0 Å². The minimum atomic E-state index is 0.212. The van der Waals surface area contributed by atoms with E-state index < -0.39 is 0 Å². The van der Waals surface area contributed by atoms with E-state index in [-0.39, 0.29) is 6.04 Å².